The van der Waals surface area contributed by atoms with E-state index < -0.39 is 0 Å². The lowest BCUT2D eigenvalue weighted by molar-refractivity contribution is 0.412. The number of hydrogen-bond donors (Lipinski definition) is 3. The second kappa shape index (κ2) is 6.70. The minimum Gasteiger partial charge on any atom is -0.495 e. The third kappa shape index (κ3) is 3.40. The molecule has 0 unspecified atom stereocenters. The SMILES string of the molecule is COc1cc(Nc2nc(NN)ncc2Br)c(Br)cc1Br. The van der Waals surface area contributed by atoms with Gasteiger partial charge in [0.1, 0.15) is 11.6 Å². The van der Waals surface area contributed by atoms with Crippen LogP contribution in [0.15, 0.2) is 31.7 Å². The number of nitrogens with two attached hydrogens (primary N) is 1. The van der Waals surface area contributed by atoms with E-state index in [2.05, 4.69) is 68.5 Å². The average molecular weight is 468 g/mol. The highest BCUT2D eigenvalue weighted by atomic mass is 79.9. The molecule has 0 aliphatic carbocycles. The highest BCUT2D eigenvalue weighted by molar-refractivity contribution is 9.11. The summed E-state index contributed by atoms with van der Waals surface area (Å²) < 4.78 is 7.69. The van der Waals surface area contributed by atoms with Crippen molar-refractivity contribution >= 4 is 65.2 Å². The molecule has 0 radical (unpaired) electrons. The normalized spacial score (nSPS) is 10.2. The lowest BCUT2D eigenvalue weighted by atomic mass is 10.3. The Morgan fingerprint density at radius 3 is 2.55 bits per heavy atom. The number of benzene rings is 1. The van der Waals surface area contributed by atoms with E-state index in [1.165, 1.54) is 0 Å². The summed E-state index contributed by atoms with van der Waals surface area (Å²) in [6.07, 6.45) is 1.61. The van der Waals surface area contributed by atoms with Crippen LogP contribution >= 0.6 is 47.8 Å². The van der Waals surface area contributed by atoms with E-state index in [0.717, 1.165) is 14.6 Å². The minimum absolute atomic E-state index is 0.316. The number of nitrogens with one attached hydrogen (secondary N) is 2. The molecule has 0 aliphatic heterocycles. The fraction of sp³-hybridized carbons (Fsp3) is 0.0909. The Morgan fingerprint density at radius 2 is 1.90 bits per heavy atom. The van der Waals surface area contributed by atoms with Crippen LogP contribution in [-0.2, 0) is 0 Å². The van der Waals surface area contributed by atoms with Gasteiger partial charge in [0.15, 0.2) is 0 Å². The van der Waals surface area contributed by atoms with Gasteiger partial charge >= 0.3 is 0 Å². The number of halogens is 3. The van der Waals surface area contributed by atoms with Crippen molar-refractivity contribution in [3.8, 4) is 5.75 Å². The van der Waals surface area contributed by atoms with E-state index in [9.17, 15) is 0 Å². The molecule has 0 spiro atoms. The summed E-state index contributed by atoms with van der Waals surface area (Å²) in [6.45, 7) is 0. The van der Waals surface area contributed by atoms with Gasteiger partial charge in [0.25, 0.3) is 0 Å². The molecule has 0 atom stereocenters. The second-order valence-electron chi connectivity index (χ2n) is 3.63. The topological polar surface area (TPSA) is 85.1 Å². The van der Waals surface area contributed by atoms with E-state index >= 15 is 0 Å². The Balaban J connectivity index is 2.39. The minimum atomic E-state index is 0.316. The molecule has 9 heteroatoms. The molecule has 6 nitrogen and oxygen atoms in total. The zero-order valence-electron chi connectivity index (χ0n) is 10.2. The Labute approximate surface area is 140 Å². The summed E-state index contributed by atoms with van der Waals surface area (Å²) in [7, 11) is 1.61. The molecule has 1 heterocycles. The molecule has 2 rings (SSSR count). The van der Waals surface area contributed by atoms with Crippen LogP contribution in [-0.4, -0.2) is 17.1 Å². The van der Waals surface area contributed by atoms with E-state index in [1.807, 2.05) is 12.1 Å². The van der Waals surface area contributed by atoms with Crippen LogP contribution in [0.25, 0.3) is 0 Å². The van der Waals surface area contributed by atoms with Gasteiger partial charge in [0, 0.05) is 16.7 Å². The van der Waals surface area contributed by atoms with Gasteiger partial charge in [0.2, 0.25) is 5.95 Å². The number of rotatable bonds is 4. The van der Waals surface area contributed by atoms with Crippen molar-refractivity contribution in [2.75, 3.05) is 17.9 Å². The van der Waals surface area contributed by atoms with Crippen molar-refractivity contribution in [3.05, 3.63) is 31.7 Å². The number of aromatic nitrogens is 2. The molecule has 2 aromatic rings. The Bertz CT molecular complexity index is 638. The van der Waals surface area contributed by atoms with Gasteiger partial charge in [-0.25, -0.2) is 10.8 Å². The molecular weight excluding hydrogens is 458 g/mol. The number of nitrogen functional groups attached to an aromatic ring is 1. The number of methoxy groups -OCH3 is 1. The quantitative estimate of drug-likeness (QED) is 0.468. The van der Waals surface area contributed by atoms with Crippen molar-refractivity contribution in [1.29, 1.82) is 0 Å². The molecule has 0 fully saturated rings. The van der Waals surface area contributed by atoms with Crippen LogP contribution < -0.4 is 21.3 Å². The molecular formula is C11H10Br3N5O. The molecule has 4 N–H and O–H groups in total. The fourth-order valence-corrected chi connectivity index (χ4v) is 2.98. The molecule has 0 aliphatic rings. The monoisotopic (exact) mass is 465 g/mol. The van der Waals surface area contributed by atoms with Gasteiger partial charge in [-0.05, 0) is 53.9 Å². The predicted octanol–water partition coefficient (Wildman–Crippen LogP) is 3.80. The molecule has 0 saturated heterocycles. The number of hydrazine groups is 1. The lowest BCUT2D eigenvalue weighted by Gasteiger charge is -2.12. The van der Waals surface area contributed by atoms with Crippen molar-refractivity contribution < 1.29 is 4.74 Å². The second-order valence-corrected chi connectivity index (χ2v) is 6.19. The van der Waals surface area contributed by atoms with Crippen LogP contribution in [0.4, 0.5) is 17.5 Å². The fourth-order valence-electron chi connectivity index (χ4n) is 1.43. The summed E-state index contributed by atoms with van der Waals surface area (Å²) >= 11 is 10.3. The van der Waals surface area contributed by atoms with E-state index in [-0.39, 0.29) is 0 Å². The lowest BCUT2D eigenvalue weighted by Crippen LogP contribution is -2.11. The molecule has 1 aromatic heterocycles. The van der Waals surface area contributed by atoms with Gasteiger partial charge in [-0.2, -0.15) is 4.98 Å². The molecule has 0 amide bonds. The maximum atomic E-state index is 5.30. The maximum absolute atomic E-state index is 5.30. The van der Waals surface area contributed by atoms with Crippen LogP contribution in [0.1, 0.15) is 0 Å². The van der Waals surface area contributed by atoms with Crippen molar-refractivity contribution in [2.45, 2.75) is 0 Å². The van der Waals surface area contributed by atoms with Crippen LogP contribution in [0.5, 0.6) is 5.75 Å². The molecule has 1 aromatic carbocycles. The third-order valence-corrected chi connectivity index (χ3v) is 4.22. The molecule has 20 heavy (non-hydrogen) atoms. The van der Waals surface area contributed by atoms with Gasteiger partial charge in [-0.1, -0.05) is 0 Å². The zero-order valence-corrected chi connectivity index (χ0v) is 15.0. The molecule has 106 valence electrons. The van der Waals surface area contributed by atoms with Gasteiger partial charge in [0.05, 0.1) is 21.7 Å². The summed E-state index contributed by atoms with van der Waals surface area (Å²) in [4.78, 5) is 8.22. The molecule has 0 saturated carbocycles. The first-order valence-electron chi connectivity index (χ1n) is 5.34. The first-order valence-corrected chi connectivity index (χ1v) is 7.72. The summed E-state index contributed by atoms with van der Waals surface area (Å²) in [6, 6.07) is 3.73. The van der Waals surface area contributed by atoms with Crippen LogP contribution in [0.3, 0.4) is 0 Å². The Hall–Kier alpha value is -0.900. The number of ether oxygens (including phenoxy) is 1. The highest BCUT2D eigenvalue weighted by Crippen LogP contribution is 2.36. The first kappa shape index (κ1) is 15.5. The third-order valence-electron chi connectivity index (χ3n) is 2.37. The van der Waals surface area contributed by atoms with Crippen LogP contribution in [0, 0.1) is 0 Å². The Kier molecular flexibility index (Phi) is 5.19. The highest BCUT2D eigenvalue weighted by Gasteiger charge is 2.10. The number of anilines is 3. The Morgan fingerprint density at radius 1 is 1.15 bits per heavy atom. The zero-order chi connectivity index (χ0) is 14.7. The largest absolute Gasteiger partial charge is 0.495 e. The van der Waals surface area contributed by atoms with Crippen molar-refractivity contribution in [2.24, 2.45) is 5.84 Å². The number of nitrogens with zero attached hydrogens (tertiary/aromatic N) is 2. The smallest absolute Gasteiger partial charge is 0.239 e. The first-order chi connectivity index (χ1) is 9.55. The van der Waals surface area contributed by atoms with Gasteiger partial charge in [-0.3, -0.25) is 5.43 Å². The van der Waals surface area contributed by atoms with Crippen LogP contribution in [0.2, 0.25) is 0 Å². The van der Waals surface area contributed by atoms with E-state index in [4.69, 9.17) is 10.6 Å². The van der Waals surface area contributed by atoms with Crippen molar-refractivity contribution in [1.82, 2.24) is 9.97 Å². The maximum Gasteiger partial charge on any atom is 0.239 e. The predicted molar refractivity (Wildman–Crippen MR) is 89.2 cm³/mol. The molecule has 0 bridgehead atoms. The van der Waals surface area contributed by atoms with Gasteiger partial charge in [-0.15, -0.1) is 0 Å². The average Bonchev–Trinajstić information content (AvgIpc) is 2.44. The van der Waals surface area contributed by atoms with Gasteiger partial charge < -0.3 is 10.1 Å². The summed E-state index contributed by atoms with van der Waals surface area (Å²) in [5.41, 5.74) is 3.20. The van der Waals surface area contributed by atoms with E-state index in [0.29, 0.717) is 22.0 Å². The van der Waals surface area contributed by atoms with E-state index in [1.54, 1.807) is 13.3 Å². The number of hydrogen-bond acceptors (Lipinski definition) is 6. The summed E-state index contributed by atoms with van der Waals surface area (Å²) in [5, 5.41) is 3.18. The van der Waals surface area contributed by atoms with Crippen molar-refractivity contribution in [3.63, 3.8) is 0 Å². The summed E-state index contributed by atoms with van der Waals surface area (Å²) in [5.74, 6) is 6.91. The standard InChI is InChI=1S/C11H10Br3N5O/c1-20-9-3-8(5(12)2-6(9)13)17-10-7(14)4-16-11(18-10)19-15/h2-4H,15H2,1H3,(H2,16,17,18,19).